The Morgan fingerprint density at radius 3 is 2.95 bits per heavy atom. The first-order chi connectivity index (χ1) is 10.1. The van der Waals surface area contributed by atoms with E-state index in [0.717, 1.165) is 50.5 Å². The van der Waals surface area contributed by atoms with Gasteiger partial charge in [-0.25, -0.2) is 0 Å². The molecule has 0 aliphatic carbocycles. The summed E-state index contributed by atoms with van der Waals surface area (Å²) in [6.07, 6.45) is 3.15. The Bertz CT molecular complexity index is 496. The summed E-state index contributed by atoms with van der Waals surface area (Å²) in [6, 6.07) is 6.66. The van der Waals surface area contributed by atoms with Gasteiger partial charge in [-0.15, -0.1) is 0 Å². The van der Waals surface area contributed by atoms with E-state index in [2.05, 4.69) is 43.4 Å². The van der Waals surface area contributed by atoms with Crippen LogP contribution in [0.2, 0.25) is 0 Å². The lowest BCUT2D eigenvalue weighted by molar-refractivity contribution is 0.0287. The fourth-order valence-corrected chi connectivity index (χ4v) is 3.37. The molecular weight excluding hydrogens is 264 g/mol. The maximum Gasteiger partial charge on any atom is 0.125 e. The van der Waals surface area contributed by atoms with Crippen LogP contribution in [0.1, 0.15) is 37.8 Å². The van der Waals surface area contributed by atoms with Gasteiger partial charge in [0.05, 0.1) is 6.61 Å². The standard InChI is InChI=1S/C17H26N2O2/c1-4-9-20-13-5-6-16-14(10-13)15(19(2)3)11-17(21-16)7-8-18-12-17/h5-6,10,15,18H,4,7-9,11-12H2,1-3H3. The highest BCUT2D eigenvalue weighted by Gasteiger charge is 2.43. The Balaban J connectivity index is 1.91. The first kappa shape index (κ1) is 14.7. The van der Waals surface area contributed by atoms with Crippen molar-refractivity contribution < 1.29 is 9.47 Å². The van der Waals surface area contributed by atoms with Gasteiger partial charge in [-0.2, -0.15) is 0 Å². The average Bonchev–Trinajstić information content (AvgIpc) is 2.92. The Morgan fingerprint density at radius 2 is 2.29 bits per heavy atom. The fraction of sp³-hybridized carbons (Fsp3) is 0.647. The molecule has 21 heavy (non-hydrogen) atoms. The van der Waals surface area contributed by atoms with Crippen LogP contribution in [-0.2, 0) is 0 Å². The van der Waals surface area contributed by atoms with E-state index in [0.29, 0.717) is 6.04 Å². The molecule has 1 fully saturated rings. The Hall–Kier alpha value is -1.26. The number of nitrogens with zero attached hydrogens (tertiary/aromatic N) is 1. The van der Waals surface area contributed by atoms with E-state index < -0.39 is 0 Å². The molecule has 0 bridgehead atoms. The smallest absolute Gasteiger partial charge is 0.125 e. The second-order valence-corrected chi connectivity index (χ2v) is 6.44. The third-order valence-electron chi connectivity index (χ3n) is 4.53. The van der Waals surface area contributed by atoms with Gasteiger partial charge in [0.1, 0.15) is 17.1 Å². The van der Waals surface area contributed by atoms with Crippen LogP contribution in [-0.4, -0.2) is 44.3 Å². The molecule has 0 radical (unpaired) electrons. The van der Waals surface area contributed by atoms with Crippen LogP contribution < -0.4 is 14.8 Å². The van der Waals surface area contributed by atoms with E-state index in [1.165, 1.54) is 5.56 Å². The number of hydrogen-bond acceptors (Lipinski definition) is 4. The predicted octanol–water partition coefficient (Wildman–Crippen LogP) is 2.59. The number of benzene rings is 1. The van der Waals surface area contributed by atoms with Crippen molar-refractivity contribution in [3.63, 3.8) is 0 Å². The Labute approximate surface area is 127 Å². The number of ether oxygens (including phenoxy) is 2. The highest BCUT2D eigenvalue weighted by Crippen LogP contribution is 2.45. The number of fused-ring (bicyclic) bond motifs is 1. The highest BCUT2D eigenvalue weighted by molar-refractivity contribution is 5.44. The summed E-state index contributed by atoms with van der Waals surface area (Å²) >= 11 is 0. The van der Waals surface area contributed by atoms with Crippen molar-refractivity contribution in [2.75, 3.05) is 33.8 Å². The van der Waals surface area contributed by atoms with Crippen molar-refractivity contribution >= 4 is 0 Å². The summed E-state index contributed by atoms with van der Waals surface area (Å²) in [5.41, 5.74) is 1.22. The van der Waals surface area contributed by atoms with Crippen molar-refractivity contribution in [2.45, 2.75) is 37.8 Å². The average molecular weight is 290 g/mol. The molecule has 2 atom stereocenters. The lowest BCUT2D eigenvalue weighted by Crippen LogP contribution is -2.45. The van der Waals surface area contributed by atoms with Gasteiger partial charge in [0.15, 0.2) is 0 Å². The van der Waals surface area contributed by atoms with Gasteiger partial charge in [-0.05, 0) is 45.3 Å². The summed E-state index contributed by atoms with van der Waals surface area (Å²) in [5.74, 6) is 1.97. The molecule has 2 unspecified atom stereocenters. The van der Waals surface area contributed by atoms with E-state index >= 15 is 0 Å². The third kappa shape index (κ3) is 2.87. The second-order valence-electron chi connectivity index (χ2n) is 6.44. The maximum absolute atomic E-state index is 6.38. The van der Waals surface area contributed by atoms with Gasteiger partial charge in [0.25, 0.3) is 0 Å². The SMILES string of the molecule is CCCOc1ccc2c(c1)C(N(C)C)CC1(CCNC1)O2. The van der Waals surface area contributed by atoms with E-state index in [4.69, 9.17) is 9.47 Å². The van der Waals surface area contributed by atoms with Crippen LogP contribution >= 0.6 is 0 Å². The topological polar surface area (TPSA) is 33.7 Å². The molecule has 0 aromatic heterocycles. The molecule has 0 amide bonds. The van der Waals surface area contributed by atoms with Gasteiger partial charge in [0, 0.05) is 31.0 Å². The minimum absolute atomic E-state index is 0.0340. The van der Waals surface area contributed by atoms with Gasteiger partial charge in [-0.1, -0.05) is 6.92 Å². The molecule has 116 valence electrons. The Kier molecular flexibility index (Phi) is 4.09. The molecule has 2 aliphatic rings. The molecule has 3 rings (SSSR count). The summed E-state index contributed by atoms with van der Waals surface area (Å²) < 4.78 is 12.2. The van der Waals surface area contributed by atoms with E-state index in [9.17, 15) is 0 Å². The molecule has 2 heterocycles. The quantitative estimate of drug-likeness (QED) is 0.924. The van der Waals surface area contributed by atoms with Gasteiger partial charge >= 0.3 is 0 Å². The number of nitrogens with one attached hydrogen (secondary N) is 1. The van der Waals surface area contributed by atoms with Crippen molar-refractivity contribution in [1.82, 2.24) is 10.2 Å². The molecule has 1 N–H and O–H groups in total. The minimum Gasteiger partial charge on any atom is -0.494 e. The normalized spacial score (nSPS) is 27.7. The van der Waals surface area contributed by atoms with Crippen LogP contribution in [0, 0.1) is 0 Å². The lowest BCUT2D eigenvalue weighted by Gasteiger charge is -2.42. The fourth-order valence-electron chi connectivity index (χ4n) is 3.37. The molecule has 1 saturated heterocycles. The molecule has 0 saturated carbocycles. The van der Waals surface area contributed by atoms with Crippen LogP contribution in [0.5, 0.6) is 11.5 Å². The second kappa shape index (κ2) is 5.85. The van der Waals surface area contributed by atoms with E-state index in [-0.39, 0.29) is 5.60 Å². The molecule has 2 aliphatic heterocycles. The minimum atomic E-state index is -0.0340. The zero-order valence-electron chi connectivity index (χ0n) is 13.3. The number of hydrogen-bond donors (Lipinski definition) is 1. The molecule has 4 nitrogen and oxygen atoms in total. The van der Waals surface area contributed by atoms with Crippen molar-refractivity contribution in [2.24, 2.45) is 0 Å². The molecule has 4 heteroatoms. The molecule has 1 spiro atoms. The van der Waals surface area contributed by atoms with E-state index in [1.54, 1.807) is 0 Å². The van der Waals surface area contributed by atoms with Crippen LogP contribution in [0.15, 0.2) is 18.2 Å². The summed E-state index contributed by atoms with van der Waals surface area (Å²) in [6.45, 7) is 4.89. The third-order valence-corrected chi connectivity index (χ3v) is 4.53. The predicted molar refractivity (Wildman–Crippen MR) is 84.1 cm³/mol. The zero-order chi connectivity index (χ0) is 14.9. The summed E-state index contributed by atoms with van der Waals surface area (Å²) in [7, 11) is 4.30. The number of rotatable bonds is 4. The van der Waals surface area contributed by atoms with Crippen LogP contribution in [0.4, 0.5) is 0 Å². The molecule has 1 aromatic rings. The molecular formula is C17H26N2O2. The Morgan fingerprint density at radius 1 is 1.43 bits per heavy atom. The first-order valence-electron chi connectivity index (χ1n) is 7.96. The summed E-state index contributed by atoms with van der Waals surface area (Å²) in [4.78, 5) is 2.30. The van der Waals surface area contributed by atoms with Gasteiger partial charge < -0.3 is 19.7 Å². The van der Waals surface area contributed by atoms with Crippen molar-refractivity contribution in [3.05, 3.63) is 23.8 Å². The maximum atomic E-state index is 6.38. The van der Waals surface area contributed by atoms with E-state index in [1.807, 2.05) is 6.07 Å². The molecule has 1 aromatic carbocycles. The first-order valence-corrected chi connectivity index (χ1v) is 7.96. The largest absolute Gasteiger partial charge is 0.494 e. The van der Waals surface area contributed by atoms with Crippen LogP contribution in [0.3, 0.4) is 0 Å². The van der Waals surface area contributed by atoms with Crippen molar-refractivity contribution in [3.8, 4) is 11.5 Å². The van der Waals surface area contributed by atoms with Crippen LogP contribution in [0.25, 0.3) is 0 Å². The zero-order valence-corrected chi connectivity index (χ0v) is 13.3. The lowest BCUT2D eigenvalue weighted by atomic mass is 9.86. The summed E-state index contributed by atoms with van der Waals surface area (Å²) in [5, 5.41) is 3.44. The monoisotopic (exact) mass is 290 g/mol. The van der Waals surface area contributed by atoms with Gasteiger partial charge in [-0.3, -0.25) is 0 Å². The highest BCUT2D eigenvalue weighted by atomic mass is 16.5. The van der Waals surface area contributed by atoms with Gasteiger partial charge in [0.2, 0.25) is 0 Å². The van der Waals surface area contributed by atoms with Crippen molar-refractivity contribution in [1.29, 1.82) is 0 Å².